The van der Waals surface area contributed by atoms with E-state index in [1.807, 2.05) is 30.3 Å². The Hall–Kier alpha value is -1.98. The lowest BCUT2D eigenvalue weighted by Gasteiger charge is -2.34. The molecule has 0 fully saturated rings. The Morgan fingerprint density at radius 1 is 1.08 bits per heavy atom. The van der Waals surface area contributed by atoms with Crippen LogP contribution in [-0.2, 0) is 0 Å². The van der Waals surface area contributed by atoms with Gasteiger partial charge in [-0.25, -0.2) is 13.2 Å². The van der Waals surface area contributed by atoms with Crippen LogP contribution in [0.2, 0.25) is 5.02 Å². The Labute approximate surface area is 163 Å². The monoisotopic (exact) mass is 439 g/mol. The van der Waals surface area contributed by atoms with Gasteiger partial charge in [-0.05, 0) is 39.7 Å². The minimum atomic E-state index is -2.64. The molecule has 1 aliphatic heterocycles. The highest BCUT2D eigenvalue weighted by atomic mass is 79.9. The Balaban J connectivity index is 2.35. The number of hydrogen-bond donors (Lipinski definition) is 0. The molecule has 0 saturated heterocycles. The molecule has 0 aliphatic carbocycles. The first-order chi connectivity index (χ1) is 12.4. The van der Waals surface area contributed by atoms with Crippen molar-refractivity contribution in [3.8, 4) is 0 Å². The second-order valence-corrected chi connectivity index (χ2v) is 6.93. The van der Waals surface area contributed by atoms with Gasteiger partial charge in [-0.1, -0.05) is 54.6 Å². The molecule has 0 amide bonds. The number of nitrogens with zero attached hydrogens (tertiary/aromatic N) is 1. The van der Waals surface area contributed by atoms with Crippen molar-refractivity contribution in [1.29, 1.82) is 0 Å². The maximum Gasteiger partial charge on any atom is 0.256 e. The average molecular weight is 441 g/mol. The molecule has 2 aromatic rings. The zero-order valence-electron chi connectivity index (χ0n) is 13.5. The van der Waals surface area contributed by atoms with Gasteiger partial charge in [0.05, 0.1) is 22.8 Å². The molecular formula is C20H14BrClF3N. The van der Waals surface area contributed by atoms with Gasteiger partial charge >= 0.3 is 0 Å². The summed E-state index contributed by atoms with van der Waals surface area (Å²) in [4.78, 5) is 1.31. The SMILES string of the molecule is C=C1C(Br)=CC(c2ccccc2)=C(c2c(F)cccc2Cl)N1CC(F)F. The van der Waals surface area contributed by atoms with Crippen LogP contribution in [0.4, 0.5) is 13.2 Å². The maximum atomic E-state index is 14.7. The minimum Gasteiger partial charge on any atom is -0.334 e. The van der Waals surface area contributed by atoms with Gasteiger partial charge in [-0.3, -0.25) is 0 Å². The maximum absolute atomic E-state index is 14.7. The van der Waals surface area contributed by atoms with Crippen LogP contribution in [0.3, 0.4) is 0 Å². The average Bonchev–Trinajstić information content (AvgIpc) is 2.60. The van der Waals surface area contributed by atoms with E-state index >= 15 is 0 Å². The van der Waals surface area contributed by atoms with Crippen molar-refractivity contribution in [3.63, 3.8) is 0 Å². The van der Waals surface area contributed by atoms with Gasteiger partial charge in [0.25, 0.3) is 6.43 Å². The quantitative estimate of drug-likeness (QED) is 0.510. The van der Waals surface area contributed by atoms with E-state index in [4.69, 9.17) is 11.6 Å². The summed E-state index contributed by atoms with van der Waals surface area (Å²) in [5, 5.41) is 0.145. The molecule has 0 unspecified atom stereocenters. The molecule has 2 aromatic carbocycles. The van der Waals surface area contributed by atoms with E-state index in [2.05, 4.69) is 22.5 Å². The van der Waals surface area contributed by atoms with Crippen LogP contribution in [0.5, 0.6) is 0 Å². The minimum absolute atomic E-state index is 0.0751. The van der Waals surface area contributed by atoms with Crippen molar-refractivity contribution in [1.82, 2.24) is 4.90 Å². The molecule has 26 heavy (non-hydrogen) atoms. The summed E-state index contributed by atoms with van der Waals surface area (Å²) in [6, 6.07) is 13.4. The van der Waals surface area contributed by atoms with Crippen molar-refractivity contribution >= 4 is 38.8 Å². The van der Waals surface area contributed by atoms with Gasteiger partial charge in [-0.15, -0.1) is 0 Å². The van der Waals surface area contributed by atoms with Crippen LogP contribution in [0.25, 0.3) is 11.3 Å². The number of hydrogen-bond acceptors (Lipinski definition) is 1. The first-order valence-corrected chi connectivity index (χ1v) is 8.93. The molecular weight excluding hydrogens is 427 g/mol. The topological polar surface area (TPSA) is 3.24 Å². The van der Waals surface area contributed by atoms with Gasteiger partial charge in [0.1, 0.15) is 5.82 Å². The number of allylic oxidation sites excluding steroid dienone is 3. The van der Waals surface area contributed by atoms with E-state index in [9.17, 15) is 13.2 Å². The van der Waals surface area contributed by atoms with Crippen LogP contribution in [0, 0.1) is 5.82 Å². The zero-order valence-corrected chi connectivity index (χ0v) is 15.9. The third-order valence-electron chi connectivity index (χ3n) is 4.00. The molecule has 134 valence electrons. The molecule has 0 spiro atoms. The molecule has 0 aromatic heterocycles. The third kappa shape index (κ3) is 3.60. The molecule has 6 heteroatoms. The van der Waals surface area contributed by atoms with Gasteiger partial charge in [0.2, 0.25) is 0 Å². The lowest BCUT2D eigenvalue weighted by molar-refractivity contribution is 0.123. The van der Waals surface area contributed by atoms with Crippen molar-refractivity contribution in [2.75, 3.05) is 6.54 Å². The second-order valence-electron chi connectivity index (χ2n) is 5.67. The van der Waals surface area contributed by atoms with E-state index in [1.54, 1.807) is 6.08 Å². The molecule has 0 N–H and O–H groups in total. The Morgan fingerprint density at radius 3 is 2.38 bits per heavy atom. The van der Waals surface area contributed by atoms with Crippen molar-refractivity contribution < 1.29 is 13.2 Å². The van der Waals surface area contributed by atoms with Gasteiger partial charge in [0.15, 0.2) is 0 Å². The van der Waals surface area contributed by atoms with Crippen molar-refractivity contribution in [3.05, 3.63) is 93.3 Å². The Morgan fingerprint density at radius 2 is 1.77 bits per heavy atom. The largest absolute Gasteiger partial charge is 0.334 e. The van der Waals surface area contributed by atoms with Crippen molar-refractivity contribution in [2.45, 2.75) is 6.43 Å². The molecule has 0 saturated carbocycles. The van der Waals surface area contributed by atoms with Gasteiger partial charge in [-0.2, -0.15) is 0 Å². The fraction of sp³-hybridized carbons (Fsp3) is 0.100. The summed E-state index contributed by atoms with van der Waals surface area (Å²) in [5.41, 5.74) is 2.00. The van der Waals surface area contributed by atoms with E-state index < -0.39 is 18.8 Å². The molecule has 1 heterocycles. The molecule has 1 nitrogen and oxygen atoms in total. The van der Waals surface area contributed by atoms with Crippen LogP contribution >= 0.6 is 27.5 Å². The highest BCUT2D eigenvalue weighted by molar-refractivity contribution is 9.12. The molecule has 3 rings (SSSR count). The predicted octanol–water partition coefficient (Wildman–Crippen LogP) is 6.72. The number of alkyl halides is 2. The molecule has 1 aliphatic rings. The predicted molar refractivity (Wildman–Crippen MR) is 104 cm³/mol. The highest BCUT2D eigenvalue weighted by Gasteiger charge is 2.30. The molecule has 0 radical (unpaired) electrons. The number of rotatable bonds is 4. The normalized spacial score (nSPS) is 14.9. The van der Waals surface area contributed by atoms with Gasteiger partial charge < -0.3 is 4.90 Å². The smallest absolute Gasteiger partial charge is 0.256 e. The van der Waals surface area contributed by atoms with E-state index in [-0.39, 0.29) is 16.3 Å². The fourth-order valence-electron chi connectivity index (χ4n) is 2.86. The van der Waals surface area contributed by atoms with Crippen molar-refractivity contribution in [2.24, 2.45) is 0 Å². The Bertz CT molecular complexity index is 886. The number of benzene rings is 2. The number of halogens is 5. The summed E-state index contributed by atoms with van der Waals surface area (Å²) in [6.45, 7) is 3.24. The highest BCUT2D eigenvalue weighted by Crippen LogP contribution is 2.43. The zero-order chi connectivity index (χ0) is 18.8. The standard InChI is InChI=1S/C20H14BrClF3N/c1-12-15(21)10-14(13-6-3-2-4-7-13)20(26(12)11-18(24)25)19-16(22)8-5-9-17(19)23/h2-10,18H,1,11H2. The first-order valence-electron chi connectivity index (χ1n) is 7.76. The lowest BCUT2D eigenvalue weighted by atomic mass is 9.94. The summed E-state index contributed by atoms with van der Waals surface area (Å²) in [6.07, 6.45) is -0.889. The van der Waals surface area contributed by atoms with E-state index in [0.717, 1.165) is 5.56 Å². The van der Waals surface area contributed by atoms with E-state index in [0.29, 0.717) is 15.8 Å². The van der Waals surface area contributed by atoms with Crippen LogP contribution < -0.4 is 0 Å². The summed E-state index contributed by atoms with van der Waals surface area (Å²) in [7, 11) is 0. The summed E-state index contributed by atoms with van der Waals surface area (Å²) < 4.78 is 41.8. The fourth-order valence-corrected chi connectivity index (χ4v) is 3.55. The van der Waals surface area contributed by atoms with Gasteiger partial charge in [0, 0.05) is 15.8 Å². The van der Waals surface area contributed by atoms with E-state index in [1.165, 1.54) is 23.1 Å². The van der Waals surface area contributed by atoms with Crippen LogP contribution in [0.1, 0.15) is 11.1 Å². The third-order valence-corrected chi connectivity index (χ3v) is 5.00. The lowest BCUT2D eigenvalue weighted by Crippen LogP contribution is -2.30. The van der Waals surface area contributed by atoms with Crippen LogP contribution in [-0.4, -0.2) is 17.9 Å². The first kappa shape index (κ1) is 18.8. The Kier molecular flexibility index (Phi) is 5.58. The summed E-state index contributed by atoms with van der Waals surface area (Å²) >= 11 is 9.62. The van der Waals surface area contributed by atoms with Crippen LogP contribution in [0.15, 0.2) is 71.4 Å². The summed E-state index contributed by atoms with van der Waals surface area (Å²) in [5.74, 6) is -0.584. The molecule has 0 atom stereocenters. The molecule has 0 bridgehead atoms. The second kappa shape index (κ2) is 7.72.